The second-order valence-electron chi connectivity index (χ2n) is 6.34. The lowest BCUT2D eigenvalue weighted by molar-refractivity contribution is -0.107. The molecule has 126 valence electrons. The summed E-state index contributed by atoms with van der Waals surface area (Å²) in [6.45, 7) is 1.05. The Hall–Kier alpha value is -2.79. The topological polar surface area (TPSA) is 64.0 Å². The Bertz CT molecular complexity index is 939. The number of fused-ring (bicyclic) bond motifs is 1. The minimum atomic E-state index is -0.152. The first-order chi connectivity index (χ1) is 12.3. The maximum atomic E-state index is 12.2. The molecule has 5 heteroatoms. The van der Waals surface area contributed by atoms with Gasteiger partial charge in [-0.1, -0.05) is 12.1 Å². The molecule has 1 saturated heterocycles. The van der Waals surface area contributed by atoms with E-state index in [1.807, 2.05) is 41.4 Å². The Labute approximate surface area is 145 Å². The predicted molar refractivity (Wildman–Crippen MR) is 96.1 cm³/mol. The van der Waals surface area contributed by atoms with Crippen LogP contribution in [0, 0.1) is 0 Å². The number of pyridine rings is 1. The normalized spacial score (nSPS) is 17.0. The first kappa shape index (κ1) is 15.7. The van der Waals surface area contributed by atoms with Gasteiger partial charge in [0.25, 0.3) is 0 Å². The van der Waals surface area contributed by atoms with Crippen molar-refractivity contribution in [3.8, 4) is 5.69 Å². The van der Waals surface area contributed by atoms with Crippen LogP contribution in [0.3, 0.4) is 0 Å². The van der Waals surface area contributed by atoms with Gasteiger partial charge in [0.05, 0.1) is 23.8 Å². The second kappa shape index (κ2) is 6.61. The summed E-state index contributed by atoms with van der Waals surface area (Å²) in [5.41, 5.74) is 3.69. The molecule has 0 unspecified atom stereocenters. The van der Waals surface area contributed by atoms with E-state index in [4.69, 9.17) is 0 Å². The number of nitrogens with zero attached hydrogens (tertiary/aromatic N) is 2. The quantitative estimate of drug-likeness (QED) is 0.442. The fourth-order valence-corrected chi connectivity index (χ4v) is 3.56. The number of aldehydes is 1. The van der Waals surface area contributed by atoms with E-state index in [9.17, 15) is 9.59 Å². The van der Waals surface area contributed by atoms with Gasteiger partial charge in [0.15, 0.2) is 5.78 Å². The van der Waals surface area contributed by atoms with Crippen molar-refractivity contribution in [1.82, 2.24) is 14.9 Å². The van der Waals surface area contributed by atoms with Crippen molar-refractivity contribution in [3.63, 3.8) is 0 Å². The number of hydrogen-bond acceptors (Lipinski definition) is 4. The lowest BCUT2D eigenvalue weighted by Crippen LogP contribution is -2.13. The van der Waals surface area contributed by atoms with E-state index >= 15 is 0 Å². The summed E-state index contributed by atoms with van der Waals surface area (Å²) in [6.07, 6.45) is 8.57. The average Bonchev–Trinajstić information content (AvgIpc) is 3.31. The van der Waals surface area contributed by atoms with Crippen LogP contribution in [-0.2, 0) is 4.79 Å². The zero-order valence-electron chi connectivity index (χ0n) is 13.8. The van der Waals surface area contributed by atoms with Gasteiger partial charge in [-0.25, -0.2) is 0 Å². The minimum Gasteiger partial charge on any atom is -0.315 e. The molecule has 1 fully saturated rings. The van der Waals surface area contributed by atoms with Crippen molar-refractivity contribution in [2.24, 2.45) is 0 Å². The lowest BCUT2D eigenvalue weighted by Gasteiger charge is -2.13. The maximum absolute atomic E-state index is 12.2. The van der Waals surface area contributed by atoms with Crippen molar-refractivity contribution in [3.05, 3.63) is 60.0 Å². The molecule has 0 spiro atoms. The smallest absolute Gasteiger partial charge is 0.170 e. The van der Waals surface area contributed by atoms with Gasteiger partial charge in [0, 0.05) is 29.4 Å². The summed E-state index contributed by atoms with van der Waals surface area (Å²) < 4.78 is 2.04. The zero-order chi connectivity index (χ0) is 17.2. The van der Waals surface area contributed by atoms with Crippen LogP contribution in [0.15, 0.2) is 48.9 Å². The maximum Gasteiger partial charge on any atom is 0.170 e. The average molecular weight is 333 g/mol. The minimum absolute atomic E-state index is 0.0886. The third-order valence-corrected chi connectivity index (χ3v) is 4.79. The third kappa shape index (κ3) is 2.87. The van der Waals surface area contributed by atoms with Gasteiger partial charge >= 0.3 is 0 Å². The predicted octanol–water partition coefficient (Wildman–Crippen LogP) is 3.22. The van der Waals surface area contributed by atoms with E-state index in [1.54, 1.807) is 6.07 Å². The van der Waals surface area contributed by atoms with Crippen molar-refractivity contribution >= 4 is 23.0 Å². The highest BCUT2D eigenvalue weighted by Crippen LogP contribution is 2.27. The van der Waals surface area contributed by atoms with Crippen LogP contribution in [0.5, 0.6) is 0 Å². The molecule has 0 saturated carbocycles. The Morgan fingerprint density at radius 1 is 1.32 bits per heavy atom. The first-order valence-corrected chi connectivity index (χ1v) is 8.53. The fourth-order valence-electron chi connectivity index (χ4n) is 3.56. The molecule has 2 aromatic heterocycles. The van der Waals surface area contributed by atoms with Gasteiger partial charge in [-0.15, -0.1) is 0 Å². The molecule has 0 radical (unpaired) electrons. The molecule has 3 heterocycles. The van der Waals surface area contributed by atoms with E-state index in [1.165, 1.54) is 12.0 Å². The van der Waals surface area contributed by atoms with Crippen LogP contribution in [0.25, 0.3) is 16.6 Å². The summed E-state index contributed by atoms with van der Waals surface area (Å²) in [5, 5.41) is 4.35. The van der Waals surface area contributed by atoms with Gasteiger partial charge < -0.3 is 14.7 Å². The molecular weight excluding hydrogens is 314 g/mol. The van der Waals surface area contributed by atoms with Crippen LogP contribution < -0.4 is 5.32 Å². The summed E-state index contributed by atoms with van der Waals surface area (Å²) in [6, 6.07) is 10.0. The highest BCUT2D eigenvalue weighted by atomic mass is 16.1. The molecule has 0 aliphatic carbocycles. The summed E-state index contributed by atoms with van der Waals surface area (Å²) in [4.78, 5) is 27.3. The highest BCUT2D eigenvalue weighted by Gasteiger charge is 2.18. The Kier molecular flexibility index (Phi) is 4.15. The van der Waals surface area contributed by atoms with Crippen molar-refractivity contribution in [1.29, 1.82) is 0 Å². The van der Waals surface area contributed by atoms with Crippen LogP contribution in [0.2, 0.25) is 0 Å². The highest BCUT2D eigenvalue weighted by molar-refractivity contribution is 6.11. The number of hydrogen-bond donors (Lipinski definition) is 1. The van der Waals surface area contributed by atoms with Gasteiger partial charge in [-0.05, 0) is 43.1 Å². The van der Waals surface area contributed by atoms with Crippen LogP contribution in [0.4, 0.5) is 0 Å². The van der Waals surface area contributed by atoms with E-state index in [-0.39, 0.29) is 12.2 Å². The number of rotatable bonds is 5. The molecule has 3 aromatic rings. The molecule has 1 aliphatic heterocycles. The molecule has 4 rings (SSSR count). The van der Waals surface area contributed by atoms with Gasteiger partial charge in [-0.3, -0.25) is 9.78 Å². The van der Waals surface area contributed by atoms with Crippen LogP contribution in [-0.4, -0.2) is 28.2 Å². The number of Topliss-reactive ketones (excluding diaryl/α,β-unsaturated/α-hetero) is 1. The zero-order valence-corrected chi connectivity index (χ0v) is 13.8. The van der Waals surface area contributed by atoms with Crippen LogP contribution >= 0.6 is 0 Å². The van der Waals surface area contributed by atoms with E-state index in [0.29, 0.717) is 17.9 Å². The molecule has 1 aromatic carbocycles. The number of benzene rings is 1. The first-order valence-electron chi connectivity index (χ1n) is 8.53. The lowest BCUT2D eigenvalue weighted by atomic mass is 10.0. The third-order valence-electron chi connectivity index (χ3n) is 4.79. The summed E-state index contributed by atoms with van der Waals surface area (Å²) in [7, 11) is 0. The summed E-state index contributed by atoms with van der Waals surface area (Å²) >= 11 is 0. The fraction of sp³-hybridized carbons (Fsp3) is 0.250. The van der Waals surface area contributed by atoms with Crippen LogP contribution in [0.1, 0.15) is 41.2 Å². The van der Waals surface area contributed by atoms with E-state index in [2.05, 4.69) is 16.4 Å². The van der Waals surface area contributed by atoms with Crippen molar-refractivity contribution in [2.75, 3.05) is 6.54 Å². The molecule has 1 atom stereocenters. The standard InChI is InChI=1S/C20H19N3O2/c24-10-7-20(25)17-3-1-5-19-16(17)6-9-23(19)15-11-14(12-21-13-15)18-4-2-8-22-18/h1,3,5-6,9-13,18,22H,2,4,7-8H2/t18-/m0/s1. The van der Waals surface area contributed by atoms with Gasteiger partial charge in [-0.2, -0.15) is 0 Å². The number of aromatic nitrogens is 2. The monoisotopic (exact) mass is 333 g/mol. The number of nitrogens with one attached hydrogen (secondary N) is 1. The molecule has 0 bridgehead atoms. The van der Waals surface area contributed by atoms with Gasteiger partial charge in [0.2, 0.25) is 0 Å². The molecule has 5 nitrogen and oxygen atoms in total. The summed E-state index contributed by atoms with van der Waals surface area (Å²) in [5.74, 6) is -0.152. The molecule has 25 heavy (non-hydrogen) atoms. The molecule has 1 aliphatic rings. The Morgan fingerprint density at radius 2 is 2.24 bits per heavy atom. The van der Waals surface area contributed by atoms with E-state index < -0.39 is 0 Å². The van der Waals surface area contributed by atoms with Crippen molar-refractivity contribution < 1.29 is 9.59 Å². The number of carbonyl (C=O) groups is 2. The molecule has 1 N–H and O–H groups in total. The largest absolute Gasteiger partial charge is 0.315 e. The Morgan fingerprint density at radius 3 is 3.04 bits per heavy atom. The second-order valence-corrected chi connectivity index (χ2v) is 6.34. The molecule has 0 amide bonds. The van der Waals surface area contributed by atoms with Crippen molar-refractivity contribution in [2.45, 2.75) is 25.3 Å². The Balaban J connectivity index is 1.77. The SMILES string of the molecule is O=CCC(=O)c1cccc2c1ccn2-c1cncc([C@@H]2CCCN2)c1. The molecular formula is C20H19N3O2. The van der Waals surface area contributed by atoms with Gasteiger partial charge in [0.1, 0.15) is 6.29 Å². The number of ketones is 1. The van der Waals surface area contributed by atoms with E-state index in [0.717, 1.165) is 29.6 Å². The number of carbonyl (C=O) groups excluding carboxylic acids is 2.